The number of nitrogens with zero attached hydrogens (tertiary/aromatic N) is 1. The van der Waals surface area contributed by atoms with Crippen molar-refractivity contribution >= 4 is 32.2 Å². The molecule has 0 saturated heterocycles. The van der Waals surface area contributed by atoms with Gasteiger partial charge in [0.15, 0.2) is 0 Å². The number of rotatable bonds is 5. The third-order valence-corrected chi connectivity index (χ3v) is 4.13. The van der Waals surface area contributed by atoms with E-state index in [0.717, 1.165) is 14.3 Å². The van der Waals surface area contributed by atoms with Gasteiger partial charge in [0.05, 0.1) is 6.10 Å². The van der Waals surface area contributed by atoms with E-state index in [9.17, 15) is 13.2 Å². The highest BCUT2D eigenvalue weighted by Gasteiger charge is 2.22. The van der Waals surface area contributed by atoms with Crippen molar-refractivity contribution in [2.45, 2.75) is 26.5 Å². The van der Waals surface area contributed by atoms with Crippen LogP contribution in [0.2, 0.25) is 0 Å². The number of hydrogen-bond donors (Lipinski definition) is 1. The smallest absolute Gasteiger partial charge is 0.422 e. The van der Waals surface area contributed by atoms with Crippen molar-refractivity contribution in [3.8, 4) is 0 Å². The molecule has 0 fully saturated rings. The van der Waals surface area contributed by atoms with Gasteiger partial charge in [-0.2, -0.15) is 12.7 Å². The van der Waals surface area contributed by atoms with Crippen molar-refractivity contribution in [1.82, 2.24) is 9.03 Å². The fraction of sp³-hybridized carbons (Fsp3) is 0.417. The van der Waals surface area contributed by atoms with Crippen LogP contribution in [-0.4, -0.2) is 32.0 Å². The standard InChI is InChI=1S/C12H17BrN2O4S/c1-9(2)19-12(16)14-20(17,18)15(3)8-10-5-4-6-11(13)7-10/h4-7,9H,8H2,1-3H3,(H,14,16). The zero-order valence-corrected chi connectivity index (χ0v) is 13.9. The Hall–Kier alpha value is -1.12. The molecule has 0 radical (unpaired) electrons. The number of halogens is 1. The fourth-order valence-electron chi connectivity index (χ4n) is 1.40. The predicted molar refractivity (Wildman–Crippen MR) is 79.3 cm³/mol. The first-order valence-electron chi connectivity index (χ1n) is 5.90. The Morgan fingerprint density at radius 2 is 2.10 bits per heavy atom. The second-order valence-electron chi connectivity index (χ2n) is 4.45. The van der Waals surface area contributed by atoms with Crippen LogP contribution in [0.15, 0.2) is 28.7 Å². The molecule has 0 saturated carbocycles. The summed E-state index contributed by atoms with van der Waals surface area (Å²) >= 11 is 3.31. The third kappa shape index (κ3) is 5.48. The monoisotopic (exact) mass is 364 g/mol. The van der Waals surface area contributed by atoms with Gasteiger partial charge in [0, 0.05) is 18.1 Å². The van der Waals surface area contributed by atoms with Crippen molar-refractivity contribution < 1.29 is 17.9 Å². The molecule has 0 spiro atoms. The summed E-state index contributed by atoms with van der Waals surface area (Å²) in [7, 11) is -2.54. The van der Waals surface area contributed by atoms with E-state index in [2.05, 4.69) is 15.9 Å². The molecule has 1 amide bonds. The van der Waals surface area contributed by atoms with Gasteiger partial charge < -0.3 is 4.74 Å². The van der Waals surface area contributed by atoms with Gasteiger partial charge in [-0.1, -0.05) is 28.1 Å². The lowest BCUT2D eigenvalue weighted by atomic mass is 10.2. The van der Waals surface area contributed by atoms with Crippen molar-refractivity contribution in [3.63, 3.8) is 0 Å². The zero-order valence-electron chi connectivity index (χ0n) is 11.5. The Morgan fingerprint density at radius 1 is 1.45 bits per heavy atom. The Kier molecular flexibility index (Phi) is 5.97. The molecule has 0 heterocycles. The zero-order chi connectivity index (χ0) is 15.3. The summed E-state index contributed by atoms with van der Waals surface area (Å²) in [6, 6.07) is 7.25. The molecular weight excluding hydrogens is 348 g/mol. The largest absolute Gasteiger partial charge is 0.446 e. The summed E-state index contributed by atoms with van der Waals surface area (Å²) in [5.41, 5.74) is 0.796. The lowest BCUT2D eigenvalue weighted by Gasteiger charge is -2.18. The van der Waals surface area contributed by atoms with E-state index in [1.807, 2.05) is 10.8 Å². The van der Waals surface area contributed by atoms with Crippen LogP contribution in [0.3, 0.4) is 0 Å². The first-order valence-corrected chi connectivity index (χ1v) is 8.13. The van der Waals surface area contributed by atoms with E-state index in [1.165, 1.54) is 7.05 Å². The lowest BCUT2D eigenvalue weighted by Crippen LogP contribution is -2.42. The average Bonchev–Trinajstić information content (AvgIpc) is 2.26. The molecule has 0 aliphatic rings. The van der Waals surface area contributed by atoms with Crippen LogP contribution in [0.4, 0.5) is 4.79 Å². The van der Waals surface area contributed by atoms with Crippen molar-refractivity contribution in [2.24, 2.45) is 0 Å². The summed E-state index contributed by atoms with van der Waals surface area (Å²) in [6.45, 7) is 3.42. The molecule has 0 bridgehead atoms. The van der Waals surface area contributed by atoms with Gasteiger partial charge >= 0.3 is 16.3 Å². The third-order valence-electron chi connectivity index (χ3n) is 2.26. The highest BCUT2D eigenvalue weighted by Crippen LogP contribution is 2.13. The SMILES string of the molecule is CC(C)OC(=O)NS(=O)(=O)N(C)Cc1cccc(Br)c1. The normalized spacial score (nSPS) is 11.7. The molecule has 20 heavy (non-hydrogen) atoms. The number of amides is 1. The van der Waals surface area contributed by atoms with Crippen LogP contribution in [-0.2, 0) is 21.5 Å². The summed E-state index contributed by atoms with van der Waals surface area (Å²) in [4.78, 5) is 11.3. The Labute approximate surface area is 127 Å². The minimum Gasteiger partial charge on any atom is -0.446 e. The van der Waals surface area contributed by atoms with E-state index >= 15 is 0 Å². The van der Waals surface area contributed by atoms with Crippen LogP contribution < -0.4 is 4.72 Å². The molecule has 1 aromatic rings. The van der Waals surface area contributed by atoms with E-state index in [4.69, 9.17) is 4.74 Å². The van der Waals surface area contributed by atoms with Gasteiger partial charge in [-0.25, -0.2) is 9.52 Å². The number of ether oxygens (including phenoxy) is 1. The average molecular weight is 365 g/mol. The van der Waals surface area contributed by atoms with Crippen LogP contribution in [0.5, 0.6) is 0 Å². The summed E-state index contributed by atoms with van der Waals surface area (Å²) in [5.74, 6) is 0. The molecule has 1 rings (SSSR count). The quantitative estimate of drug-likeness (QED) is 0.869. The fourth-order valence-corrected chi connectivity index (χ4v) is 2.58. The van der Waals surface area contributed by atoms with Gasteiger partial charge in [0.1, 0.15) is 0 Å². The van der Waals surface area contributed by atoms with Crippen molar-refractivity contribution in [1.29, 1.82) is 0 Å². The molecule has 112 valence electrons. The van der Waals surface area contributed by atoms with Gasteiger partial charge in [-0.15, -0.1) is 0 Å². The second-order valence-corrected chi connectivity index (χ2v) is 7.14. The number of carbonyl (C=O) groups is 1. The van der Waals surface area contributed by atoms with Crippen LogP contribution in [0, 0.1) is 0 Å². The molecule has 0 aliphatic carbocycles. The number of hydrogen-bond acceptors (Lipinski definition) is 4. The molecule has 0 aromatic heterocycles. The van der Waals surface area contributed by atoms with Crippen LogP contribution in [0.25, 0.3) is 0 Å². The van der Waals surface area contributed by atoms with Gasteiger partial charge in [-0.3, -0.25) is 0 Å². The molecule has 0 aliphatic heterocycles. The first kappa shape index (κ1) is 16.9. The maximum atomic E-state index is 11.9. The first-order chi connectivity index (χ1) is 9.20. The predicted octanol–water partition coefficient (Wildman–Crippen LogP) is 2.26. The lowest BCUT2D eigenvalue weighted by molar-refractivity contribution is 0.121. The molecule has 6 nitrogen and oxygen atoms in total. The maximum Gasteiger partial charge on any atom is 0.422 e. The summed E-state index contributed by atoms with van der Waals surface area (Å²) in [6.07, 6.45) is -1.37. The Bertz CT molecular complexity index is 575. The topological polar surface area (TPSA) is 75.7 Å². The number of nitrogens with one attached hydrogen (secondary N) is 1. The van der Waals surface area contributed by atoms with Crippen molar-refractivity contribution in [3.05, 3.63) is 34.3 Å². The molecule has 8 heteroatoms. The maximum absolute atomic E-state index is 11.9. The minimum absolute atomic E-state index is 0.143. The second kappa shape index (κ2) is 7.05. The molecular formula is C12H17BrN2O4S. The summed E-state index contributed by atoms with van der Waals surface area (Å²) < 4.78 is 32.3. The summed E-state index contributed by atoms with van der Waals surface area (Å²) in [5, 5.41) is 0. The number of benzene rings is 1. The number of carbonyl (C=O) groups excluding carboxylic acids is 1. The molecule has 1 N–H and O–H groups in total. The minimum atomic E-state index is -3.92. The van der Waals surface area contributed by atoms with Crippen LogP contribution in [0.1, 0.15) is 19.4 Å². The van der Waals surface area contributed by atoms with Gasteiger partial charge in [0.25, 0.3) is 0 Å². The van der Waals surface area contributed by atoms with Gasteiger partial charge in [-0.05, 0) is 31.5 Å². The van der Waals surface area contributed by atoms with E-state index in [0.29, 0.717) is 0 Å². The van der Waals surface area contributed by atoms with Gasteiger partial charge in [0.2, 0.25) is 0 Å². The Balaban J connectivity index is 2.70. The highest BCUT2D eigenvalue weighted by molar-refractivity contribution is 9.10. The van der Waals surface area contributed by atoms with E-state index < -0.39 is 16.3 Å². The molecule has 1 aromatic carbocycles. The van der Waals surface area contributed by atoms with Crippen molar-refractivity contribution in [2.75, 3.05) is 7.05 Å². The molecule has 0 atom stereocenters. The van der Waals surface area contributed by atoms with E-state index in [-0.39, 0.29) is 12.6 Å². The highest BCUT2D eigenvalue weighted by atomic mass is 79.9. The Morgan fingerprint density at radius 3 is 2.65 bits per heavy atom. The van der Waals surface area contributed by atoms with E-state index in [1.54, 1.807) is 32.0 Å². The molecule has 0 unspecified atom stereocenters. The van der Waals surface area contributed by atoms with Crippen LogP contribution >= 0.6 is 15.9 Å².